The number of ether oxygens (including phenoxy) is 1. The van der Waals surface area contributed by atoms with Crippen LogP contribution in [-0.2, 0) is 13.1 Å². The third kappa shape index (κ3) is 3.31. The molecular weight excluding hydrogens is 248 g/mol. The van der Waals surface area contributed by atoms with E-state index in [1.807, 2.05) is 18.2 Å². The maximum absolute atomic E-state index is 5.86. The van der Waals surface area contributed by atoms with Gasteiger partial charge >= 0.3 is 0 Å². The summed E-state index contributed by atoms with van der Waals surface area (Å²) in [7, 11) is 1.69. The van der Waals surface area contributed by atoms with Gasteiger partial charge in [-0.25, -0.2) is 0 Å². The molecule has 0 aliphatic heterocycles. The molecule has 2 aromatic carbocycles. The normalized spacial score (nSPS) is 10.3. The third-order valence-corrected chi connectivity index (χ3v) is 3.45. The summed E-state index contributed by atoms with van der Waals surface area (Å²) in [5.74, 6) is 0.865. The van der Waals surface area contributed by atoms with Crippen molar-refractivity contribution in [3.8, 4) is 5.75 Å². The van der Waals surface area contributed by atoms with Gasteiger partial charge in [-0.15, -0.1) is 0 Å². The average Bonchev–Trinajstić information content (AvgIpc) is 2.53. The van der Waals surface area contributed by atoms with Crippen molar-refractivity contribution < 1.29 is 4.74 Å². The Kier molecular flexibility index (Phi) is 5.02. The molecule has 0 bridgehead atoms. The van der Waals surface area contributed by atoms with E-state index in [0.29, 0.717) is 6.54 Å². The van der Waals surface area contributed by atoms with Crippen LogP contribution in [0.15, 0.2) is 48.5 Å². The molecule has 0 radical (unpaired) electrons. The van der Waals surface area contributed by atoms with Gasteiger partial charge in [-0.3, -0.25) is 0 Å². The van der Waals surface area contributed by atoms with Crippen molar-refractivity contribution in [1.82, 2.24) is 0 Å². The van der Waals surface area contributed by atoms with E-state index >= 15 is 0 Å². The molecular formula is C17H22N2O. The summed E-state index contributed by atoms with van der Waals surface area (Å²) in [6.45, 7) is 4.49. The number of benzene rings is 2. The lowest BCUT2D eigenvalue weighted by Crippen LogP contribution is -2.23. The van der Waals surface area contributed by atoms with Crippen LogP contribution < -0.4 is 15.4 Å². The van der Waals surface area contributed by atoms with Crippen molar-refractivity contribution in [3.63, 3.8) is 0 Å². The highest BCUT2D eigenvalue weighted by molar-refractivity contribution is 5.57. The summed E-state index contributed by atoms with van der Waals surface area (Å²) >= 11 is 0. The zero-order valence-corrected chi connectivity index (χ0v) is 12.2. The highest BCUT2D eigenvalue weighted by atomic mass is 16.5. The first-order valence-electron chi connectivity index (χ1n) is 6.94. The van der Waals surface area contributed by atoms with Gasteiger partial charge in [0, 0.05) is 31.4 Å². The molecule has 0 aliphatic rings. The van der Waals surface area contributed by atoms with Crippen LogP contribution in [0.3, 0.4) is 0 Å². The van der Waals surface area contributed by atoms with Crippen LogP contribution in [0.1, 0.15) is 18.1 Å². The van der Waals surface area contributed by atoms with Crippen molar-refractivity contribution in [1.29, 1.82) is 0 Å². The van der Waals surface area contributed by atoms with E-state index in [0.717, 1.165) is 30.1 Å². The second-order valence-electron chi connectivity index (χ2n) is 4.70. The molecule has 0 aliphatic carbocycles. The monoisotopic (exact) mass is 270 g/mol. The van der Waals surface area contributed by atoms with Gasteiger partial charge in [0.05, 0.1) is 7.11 Å². The minimum Gasteiger partial charge on any atom is -0.497 e. The molecule has 2 aromatic rings. The molecule has 0 fully saturated rings. The Hall–Kier alpha value is -2.00. The molecule has 2 rings (SSSR count). The molecule has 0 unspecified atom stereocenters. The Morgan fingerprint density at radius 3 is 2.45 bits per heavy atom. The quantitative estimate of drug-likeness (QED) is 0.876. The molecule has 0 saturated heterocycles. The van der Waals surface area contributed by atoms with E-state index in [4.69, 9.17) is 10.5 Å². The molecule has 3 nitrogen and oxygen atoms in total. The van der Waals surface area contributed by atoms with Crippen LogP contribution in [0, 0.1) is 0 Å². The van der Waals surface area contributed by atoms with Crippen molar-refractivity contribution in [2.75, 3.05) is 18.6 Å². The van der Waals surface area contributed by atoms with Crippen molar-refractivity contribution in [2.24, 2.45) is 5.73 Å². The van der Waals surface area contributed by atoms with Crippen LogP contribution >= 0.6 is 0 Å². The van der Waals surface area contributed by atoms with Gasteiger partial charge in [-0.1, -0.05) is 36.4 Å². The topological polar surface area (TPSA) is 38.5 Å². The first kappa shape index (κ1) is 14.4. The lowest BCUT2D eigenvalue weighted by atomic mass is 10.1. The lowest BCUT2D eigenvalue weighted by molar-refractivity contribution is 0.414. The van der Waals surface area contributed by atoms with Crippen LogP contribution in [0.25, 0.3) is 0 Å². The summed E-state index contributed by atoms with van der Waals surface area (Å²) in [6.07, 6.45) is 0. The number of nitrogens with two attached hydrogens (primary N) is 1. The average molecular weight is 270 g/mol. The zero-order chi connectivity index (χ0) is 14.4. The first-order chi connectivity index (χ1) is 9.78. The smallest absolute Gasteiger partial charge is 0.120 e. The van der Waals surface area contributed by atoms with E-state index < -0.39 is 0 Å². The van der Waals surface area contributed by atoms with E-state index in [1.165, 1.54) is 5.56 Å². The third-order valence-electron chi connectivity index (χ3n) is 3.45. The van der Waals surface area contributed by atoms with E-state index in [2.05, 4.69) is 42.2 Å². The standard InChI is InChI=1S/C17H22N2O/c1-3-19(13-14-7-5-4-6-8-14)17-11-16(20-2)10-9-15(17)12-18/h4-11H,3,12-13,18H2,1-2H3. The predicted molar refractivity (Wildman–Crippen MR) is 84.1 cm³/mol. The molecule has 3 heteroatoms. The summed E-state index contributed by atoms with van der Waals surface area (Å²) in [4.78, 5) is 2.32. The van der Waals surface area contributed by atoms with Gasteiger partial charge in [0.2, 0.25) is 0 Å². The van der Waals surface area contributed by atoms with Crippen molar-refractivity contribution in [2.45, 2.75) is 20.0 Å². The second-order valence-corrected chi connectivity index (χ2v) is 4.70. The molecule has 0 amide bonds. The van der Waals surface area contributed by atoms with E-state index in [1.54, 1.807) is 7.11 Å². The largest absolute Gasteiger partial charge is 0.497 e. The predicted octanol–water partition coefficient (Wildman–Crippen LogP) is 3.18. The molecule has 0 aromatic heterocycles. The summed E-state index contributed by atoms with van der Waals surface area (Å²) in [5.41, 5.74) is 9.45. The molecule has 0 spiro atoms. The Morgan fingerprint density at radius 2 is 1.85 bits per heavy atom. The fourth-order valence-corrected chi connectivity index (χ4v) is 2.31. The Bertz CT molecular complexity index is 540. The fourth-order valence-electron chi connectivity index (χ4n) is 2.31. The number of rotatable bonds is 6. The van der Waals surface area contributed by atoms with Crippen LogP contribution in [0.5, 0.6) is 5.75 Å². The first-order valence-corrected chi connectivity index (χ1v) is 6.94. The highest BCUT2D eigenvalue weighted by Crippen LogP contribution is 2.27. The molecule has 20 heavy (non-hydrogen) atoms. The van der Waals surface area contributed by atoms with Gasteiger partial charge in [0.1, 0.15) is 5.75 Å². The summed E-state index contributed by atoms with van der Waals surface area (Å²) < 4.78 is 5.33. The van der Waals surface area contributed by atoms with Crippen molar-refractivity contribution >= 4 is 5.69 Å². The SMILES string of the molecule is CCN(Cc1ccccc1)c1cc(OC)ccc1CN. The fraction of sp³-hybridized carbons (Fsp3) is 0.294. The van der Waals surface area contributed by atoms with Crippen LogP contribution in [0.4, 0.5) is 5.69 Å². The Morgan fingerprint density at radius 1 is 1.10 bits per heavy atom. The Balaban J connectivity index is 2.30. The number of methoxy groups -OCH3 is 1. The minimum atomic E-state index is 0.532. The zero-order valence-electron chi connectivity index (χ0n) is 12.2. The van der Waals surface area contributed by atoms with Crippen LogP contribution in [0.2, 0.25) is 0 Å². The highest BCUT2D eigenvalue weighted by Gasteiger charge is 2.11. The van der Waals surface area contributed by atoms with Gasteiger partial charge in [0.25, 0.3) is 0 Å². The lowest BCUT2D eigenvalue weighted by Gasteiger charge is -2.26. The van der Waals surface area contributed by atoms with E-state index in [9.17, 15) is 0 Å². The number of nitrogens with zero attached hydrogens (tertiary/aromatic N) is 1. The summed E-state index contributed by atoms with van der Waals surface area (Å²) in [6, 6.07) is 16.5. The summed E-state index contributed by atoms with van der Waals surface area (Å²) in [5, 5.41) is 0. The Labute approximate surface area is 121 Å². The molecule has 2 N–H and O–H groups in total. The van der Waals surface area contributed by atoms with Gasteiger partial charge in [-0.05, 0) is 24.1 Å². The number of hydrogen-bond acceptors (Lipinski definition) is 3. The second kappa shape index (κ2) is 6.96. The minimum absolute atomic E-state index is 0.532. The van der Waals surface area contributed by atoms with Crippen molar-refractivity contribution in [3.05, 3.63) is 59.7 Å². The number of anilines is 1. The molecule has 0 atom stereocenters. The van der Waals surface area contributed by atoms with Gasteiger partial charge < -0.3 is 15.4 Å². The van der Waals surface area contributed by atoms with Gasteiger partial charge in [-0.2, -0.15) is 0 Å². The maximum atomic E-state index is 5.86. The number of hydrogen-bond donors (Lipinski definition) is 1. The molecule has 106 valence electrons. The van der Waals surface area contributed by atoms with E-state index in [-0.39, 0.29) is 0 Å². The maximum Gasteiger partial charge on any atom is 0.120 e. The molecule has 0 heterocycles. The van der Waals surface area contributed by atoms with Crippen LogP contribution in [-0.4, -0.2) is 13.7 Å². The molecule has 0 saturated carbocycles. The van der Waals surface area contributed by atoms with Gasteiger partial charge in [0.15, 0.2) is 0 Å².